The van der Waals surface area contributed by atoms with Gasteiger partial charge in [0.2, 0.25) is 0 Å². The minimum absolute atomic E-state index is 0.130. The summed E-state index contributed by atoms with van der Waals surface area (Å²) in [5.41, 5.74) is 4.21. The van der Waals surface area contributed by atoms with Crippen molar-refractivity contribution in [3.8, 4) is 5.75 Å². The monoisotopic (exact) mass is 386 g/mol. The zero-order chi connectivity index (χ0) is 20.1. The minimum atomic E-state index is 0.130. The Hall–Kier alpha value is -3.14. The van der Waals surface area contributed by atoms with Crippen LogP contribution in [0.1, 0.15) is 46.1 Å². The zero-order valence-electron chi connectivity index (χ0n) is 16.8. The van der Waals surface area contributed by atoms with Crippen LogP contribution in [0.2, 0.25) is 0 Å². The standard InChI is InChI=1S/C25H26N2O2/c1-29-23-12-10-19(11-13-23)18-22-8-5-9-24(26-22)20-14-16-27(17-15-20)25(28)21-6-3-2-4-7-21/h2-13,20H,14-18H2,1H3. The van der Waals surface area contributed by atoms with Crippen molar-refractivity contribution in [2.45, 2.75) is 25.2 Å². The van der Waals surface area contributed by atoms with Gasteiger partial charge in [-0.15, -0.1) is 0 Å². The second-order valence-electron chi connectivity index (χ2n) is 7.51. The lowest BCUT2D eigenvalue weighted by Gasteiger charge is -2.32. The first-order chi connectivity index (χ1) is 14.2. The number of rotatable bonds is 5. The molecule has 0 unspecified atom stereocenters. The van der Waals surface area contributed by atoms with Gasteiger partial charge in [0.15, 0.2) is 0 Å². The first-order valence-electron chi connectivity index (χ1n) is 10.2. The van der Waals surface area contributed by atoms with Crippen molar-refractivity contribution in [1.29, 1.82) is 0 Å². The van der Waals surface area contributed by atoms with Gasteiger partial charge in [-0.2, -0.15) is 0 Å². The molecule has 2 aromatic carbocycles. The van der Waals surface area contributed by atoms with Crippen molar-refractivity contribution in [2.24, 2.45) is 0 Å². The summed E-state index contributed by atoms with van der Waals surface area (Å²) in [5, 5.41) is 0. The van der Waals surface area contributed by atoms with E-state index in [1.165, 1.54) is 5.56 Å². The lowest BCUT2D eigenvalue weighted by molar-refractivity contribution is 0.0712. The molecule has 0 saturated carbocycles. The summed E-state index contributed by atoms with van der Waals surface area (Å²) in [4.78, 5) is 19.5. The summed E-state index contributed by atoms with van der Waals surface area (Å²) in [6.45, 7) is 1.56. The predicted molar refractivity (Wildman–Crippen MR) is 114 cm³/mol. The third kappa shape index (κ3) is 4.65. The highest BCUT2D eigenvalue weighted by Crippen LogP contribution is 2.28. The van der Waals surface area contributed by atoms with E-state index in [0.717, 1.165) is 55.1 Å². The number of carbonyl (C=O) groups is 1. The number of amides is 1. The molecule has 0 radical (unpaired) electrons. The van der Waals surface area contributed by atoms with E-state index in [1.54, 1.807) is 7.11 Å². The highest BCUT2D eigenvalue weighted by molar-refractivity contribution is 5.94. The minimum Gasteiger partial charge on any atom is -0.497 e. The summed E-state index contributed by atoms with van der Waals surface area (Å²) in [7, 11) is 1.68. The van der Waals surface area contributed by atoms with E-state index in [1.807, 2.05) is 47.4 Å². The highest BCUT2D eigenvalue weighted by Gasteiger charge is 2.25. The molecule has 4 rings (SSSR count). The molecule has 0 spiro atoms. The van der Waals surface area contributed by atoms with Crippen molar-refractivity contribution < 1.29 is 9.53 Å². The third-order valence-electron chi connectivity index (χ3n) is 5.59. The SMILES string of the molecule is COc1ccc(Cc2cccc(C3CCN(C(=O)c4ccccc4)CC3)n2)cc1. The molecule has 1 saturated heterocycles. The summed E-state index contributed by atoms with van der Waals surface area (Å²) in [6.07, 6.45) is 2.72. The van der Waals surface area contributed by atoms with Crippen LogP contribution in [0.25, 0.3) is 0 Å². The molecule has 1 aliphatic rings. The Morgan fingerprint density at radius 1 is 0.966 bits per heavy atom. The van der Waals surface area contributed by atoms with Gasteiger partial charge in [0.1, 0.15) is 5.75 Å². The number of hydrogen-bond acceptors (Lipinski definition) is 3. The number of nitrogens with zero attached hydrogens (tertiary/aromatic N) is 2. The Balaban J connectivity index is 1.38. The van der Waals surface area contributed by atoms with E-state index < -0.39 is 0 Å². The normalized spacial score (nSPS) is 14.6. The first kappa shape index (κ1) is 19.2. The van der Waals surface area contributed by atoms with Crippen LogP contribution in [0.5, 0.6) is 5.75 Å². The molecule has 0 bridgehead atoms. The van der Waals surface area contributed by atoms with Crippen LogP contribution >= 0.6 is 0 Å². The van der Waals surface area contributed by atoms with E-state index in [2.05, 4.69) is 30.3 Å². The lowest BCUT2D eigenvalue weighted by Crippen LogP contribution is -2.38. The molecule has 1 aliphatic heterocycles. The Labute approximate surface area is 172 Å². The van der Waals surface area contributed by atoms with E-state index in [-0.39, 0.29) is 5.91 Å². The van der Waals surface area contributed by atoms with Crippen LogP contribution < -0.4 is 4.74 Å². The number of ether oxygens (including phenoxy) is 1. The van der Waals surface area contributed by atoms with Crippen molar-refractivity contribution in [3.63, 3.8) is 0 Å². The van der Waals surface area contributed by atoms with E-state index >= 15 is 0 Å². The number of piperidine rings is 1. The fourth-order valence-corrected chi connectivity index (χ4v) is 3.92. The molecule has 1 aromatic heterocycles. The topological polar surface area (TPSA) is 42.4 Å². The van der Waals surface area contributed by atoms with Gasteiger partial charge in [-0.25, -0.2) is 0 Å². The average molecular weight is 386 g/mol. The quantitative estimate of drug-likeness (QED) is 0.638. The zero-order valence-corrected chi connectivity index (χ0v) is 16.8. The van der Waals surface area contributed by atoms with Gasteiger partial charge in [-0.1, -0.05) is 36.4 Å². The third-order valence-corrected chi connectivity index (χ3v) is 5.59. The molecule has 29 heavy (non-hydrogen) atoms. The smallest absolute Gasteiger partial charge is 0.253 e. The van der Waals surface area contributed by atoms with Gasteiger partial charge in [-0.3, -0.25) is 9.78 Å². The van der Waals surface area contributed by atoms with Gasteiger partial charge in [0.05, 0.1) is 7.11 Å². The van der Waals surface area contributed by atoms with Crippen LogP contribution in [-0.2, 0) is 6.42 Å². The highest BCUT2D eigenvalue weighted by atomic mass is 16.5. The van der Waals surface area contributed by atoms with Crippen LogP contribution in [0.3, 0.4) is 0 Å². The Bertz CT molecular complexity index is 946. The fourth-order valence-electron chi connectivity index (χ4n) is 3.92. The van der Waals surface area contributed by atoms with Crippen molar-refractivity contribution >= 4 is 5.91 Å². The molecular weight excluding hydrogens is 360 g/mol. The number of carbonyl (C=O) groups excluding carboxylic acids is 1. The molecular formula is C25H26N2O2. The lowest BCUT2D eigenvalue weighted by atomic mass is 9.92. The predicted octanol–water partition coefficient (Wildman–Crippen LogP) is 4.70. The molecule has 0 N–H and O–H groups in total. The molecule has 2 heterocycles. The number of benzene rings is 2. The molecule has 4 heteroatoms. The van der Waals surface area contributed by atoms with Gasteiger partial charge in [0, 0.05) is 42.4 Å². The molecule has 3 aromatic rings. The number of aromatic nitrogens is 1. The van der Waals surface area contributed by atoms with Gasteiger partial charge in [-0.05, 0) is 54.8 Å². The number of hydrogen-bond donors (Lipinski definition) is 0. The van der Waals surface area contributed by atoms with Crippen LogP contribution in [-0.4, -0.2) is 36.0 Å². The molecule has 148 valence electrons. The maximum Gasteiger partial charge on any atom is 0.253 e. The average Bonchev–Trinajstić information content (AvgIpc) is 2.80. The molecule has 0 aliphatic carbocycles. The maximum atomic E-state index is 12.6. The summed E-state index contributed by atoms with van der Waals surface area (Å²) in [5.74, 6) is 1.41. The Morgan fingerprint density at radius 2 is 1.69 bits per heavy atom. The molecule has 0 atom stereocenters. The maximum absolute atomic E-state index is 12.6. The number of pyridine rings is 1. The fraction of sp³-hybridized carbons (Fsp3) is 0.280. The van der Waals surface area contributed by atoms with Gasteiger partial charge in [0.25, 0.3) is 5.91 Å². The molecule has 4 nitrogen and oxygen atoms in total. The van der Waals surface area contributed by atoms with Gasteiger partial charge < -0.3 is 9.64 Å². The van der Waals surface area contributed by atoms with E-state index in [0.29, 0.717) is 5.92 Å². The van der Waals surface area contributed by atoms with Crippen LogP contribution in [0.15, 0.2) is 72.8 Å². The van der Waals surface area contributed by atoms with Crippen molar-refractivity contribution in [3.05, 3.63) is 95.3 Å². The molecule has 1 fully saturated rings. The summed E-state index contributed by atoms with van der Waals surface area (Å²) in [6, 6.07) is 24.0. The summed E-state index contributed by atoms with van der Waals surface area (Å²) < 4.78 is 5.23. The molecule has 1 amide bonds. The summed E-state index contributed by atoms with van der Waals surface area (Å²) >= 11 is 0. The van der Waals surface area contributed by atoms with Crippen molar-refractivity contribution in [2.75, 3.05) is 20.2 Å². The van der Waals surface area contributed by atoms with Crippen LogP contribution in [0, 0.1) is 0 Å². The second-order valence-corrected chi connectivity index (χ2v) is 7.51. The number of methoxy groups -OCH3 is 1. The van der Waals surface area contributed by atoms with Crippen LogP contribution in [0.4, 0.5) is 0 Å². The van der Waals surface area contributed by atoms with Crippen molar-refractivity contribution in [1.82, 2.24) is 9.88 Å². The van der Waals surface area contributed by atoms with E-state index in [4.69, 9.17) is 9.72 Å². The first-order valence-corrected chi connectivity index (χ1v) is 10.2. The Morgan fingerprint density at radius 3 is 2.38 bits per heavy atom. The van der Waals surface area contributed by atoms with Gasteiger partial charge >= 0.3 is 0 Å². The Kier molecular flexibility index (Phi) is 5.89. The van der Waals surface area contributed by atoms with E-state index in [9.17, 15) is 4.79 Å². The number of likely N-dealkylation sites (tertiary alicyclic amines) is 1. The largest absolute Gasteiger partial charge is 0.497 e. The second kappa shape index (κ2) is 8.91.